The summed E-state index contributed by atoms with van der Waals surface area (Å²) in [6, 6.07) is 22.2. The lowest BCUT2D eigenvalue weighted by atomic mass is 9.86. The zero-order valence-corrected chi connectivity index (χ0v) is 23.0. The minimum Gasteiger partial charge on any atom is -0.399 e. The average Bonchev–Trinajstić information content (AvgIpc) is 3.04. The first-order chi connectivity index (χ1) is 17.4. The fourth-order valence-corrected chi connectivity index (χ4v) is 5.13. The molecule has 1 aliphatic carbocycles. The van der Waals surface area contributed by atoms with E-state index in [1.165, 1.54) is 63.9 Å². The van der Waals surface area contributed by atoms with Gasteiger partial charge in [-0.3, -0.25) is 0 Å². The van der Waals surface area contributed by atoms with E-state index < -0.39 is 0 Å². The number of rotatable bonds is 7. The molecule has 3 aromatic rings. The Morgan fingerprint density at radius 3 is 2.06 bits per heavy atom. The molecule has 1 unspecified atom stereocenters. The zero-order chi connectivity index (χ0) is 26.1. The van der Waals surface area contributed by atoms with Crippen LogP contribution in [0, 0.1) is 6.92 Å². The second-order valence-electron chi connectivity index (χ2n) is 10.0. The molecule has 0 bridgehead atoms. The first-order valence-corrected chi connectivity index (χ1v) is 13.8. The van der Waals surface area contributed by atoms with Gasteiger partial charge in [0, 0.05) is 23.1 Å². The van der Waals surface area contributed by atoms with E-state index in [0.29, 0.717) is 6.04 Å². The van der Waals surface area contributed by atoms with E-state index in [9.17, 15) is 0 Å². The van der Waals surface area contributed by atoms with Gasteiger partial charge in [0.05, 0.1) is 0 Å². The molecule has 3 heteroatoms. The Bertz CT molecular complexity index is 1160. The van der Waals surface area contributed by atoms with Gasteiger partial charge < -0.3 is 16.8 Å². The number of aryl methyl sites for hydroxylation is 2. The Kier molecular flexibility index (Phi) is 10.0. The van der Waals surface area contributed by atoms with Crippen molar-refractivity contribution in [2.75, 3.05) is 16.8 Å². The van der Waals surface area contributed by atoms with Crippen LogP contribution in [0.4, 0.5) is 17.1 Å². The van der Waals surface area contributed by atoms with Gasteiger partial charge in [0.1, 0.15) is 0 Å². The molecule has 0 fully saturated rings. The maximum absolute atomic E-state index is 6.17. The largest absolute Gasteiger partial charge is 0.399 e. The molecule has 0 saturated carbocycles. The van der Waals surface area contributed by atoms with Gasteiger partial charge in [-0.25, -0.2) is 0 Å². The molecular formula is C33H45N3. The van der Waals surface area contributed by atoms with Crippen LogP contribution in [0.25, 0.3) is 11.1 Å². The summed E-state index contributed by atoms with van der Waals surface area (Å²) in [5.41, 5.74) is 24.2. The summed E-state index contributed by atoms with van der Waals surface area (Å²) in [4.78, 5) is 0. The van der Waals surface area contributed by atoms with Crippen LogP contribution in [0.3, 0.4) is 0 Å². The molecule has 1 aliphatic rings. The molecule has 0 spiro atoms. The van der Waals surface area contributed by atoms with E-state index in [1.807, 2.05) is 12.1 Å². The molecule has 192 valence electrons. The lowest BCUT2D eigenvalue weighted by molar-refractivity contribution is 0.623. The van der Waals surface area contributed by atoms with Crippen LogP contribution in [0.1, 0.15) is 94.0 Å². The second kappa shape index (κ2) is 13.2. The number of nitrogens with two attached hydrogens (primary N) is 2. The smallest absolute Gasteiger partial charge is 0.0342 e. The molecular weight excluding hydrogens is 438 g/mol. The molecule has 0 heterocycles. The summed E-state index contributed by atoms with van der Waals surface area (Å²) in [5.74, 6) is 0. The summed E-state index contributed by atoms with van der Waals surface area (Å²) in [7, 11) is 0. The summed E-state index contributed by atoms with van der Waals surface area (Å²) < 4.78 is 0. The standard InChI is InChI=1S/C30H37N3.C3H8/c1-4-7-25(5-2)33-26-14-10-21(11-15-26)30-28-17-13-24(32)19-22(28)8-6-9-29(30)27-16-12-23(31)18-20(27)3;1-3-2/h10-19,25,33H,4-9,31-32H2,1-3H3;3H2,1-2H3. The summed E-state index contributed by atoms with van der Waals surface area (Å²) in [6.07, 6.45) is 7.95. The topological polar surface area (TPSA) is 64.1 Å². The van der Waals surface area contributed by atoms with Gasteiger partial charge in [-0.15, -0.1) is 0 Å². The monoisotopic (exact) mass is 483 g/mol. The molecule has 0 radical (unpaired) electrons. The average molecular weight is 484 g/mol. The van der Waals surface area contributed by atoms with Crippen LogP contribution in [0.15, 0.2) is 60.7 Å². The predicted molar refractivity (Wildman–Crippen MR) is 160 cm³/mol. The molecule has 36 heavy (non-hydrogen) atoms. The summed E-state index contributed by atoms with van der Waals surface area (Å²) in [6.45, 7) is 10.9. The maximum Gasteiger partial charge on any atom is 0.0342 e. The number of fused-ring (bicyclic) bond motifs is 1. The Hall–Kier alpha value is -3.20. The Labute approximate surface area is 219 Å². The fourth-order valence-electron chi connectivity index (χ4n) is 5.13. The molecule has 0 saturated heterocycles. The van der Waals surface area contributed by atoms with Crippen molar-refractivity contribution in [1.29, 1.82) is 0 Å². The van der Waals surface area contributed by atoms with E-state index in [0.717, 1.165) is 37.1 Å². The van der Waals surface area contributed by atoms with Crippen LogP contribution in [0.2, 0.25) is 0 Å². The van der Waals surface area contributed by atoms with Gasteiger partial charge in [0.25, 0.3) is 0 Å². The molecule has 0 aromatic heterocycles. The Morgan fingerprint density at radius 1 is 0.806 bits per heavy atom. The molecule has 4 rings (SSSR count). The zero-order valence-electron chi connectivity index (χ0n) is 23.0. The van der Waals surface area contributed by atoms with Crippen molar-refractivity contribution in [3.05, 3.63) is 88.5 Å². The summed E-state index contributed by atoms with van der Waals surface area (Å²) >= 11 is 0. The second-order valence-corrected chi connectivity index (χ2v) is 10.0. The number of nitrogen functional groups attached to an aromatic ring is 2. The Morgan fingerprint density at radius 2 is 1.44 bits per heavy atom. The maximum atomic E-state index is 6.17. The number of benzene rings is 3. The number of hydrogen-bond acceptors (Lipinski definition) is 3. The van der Waals surface area contributed by atoms with Crippen molar-refractivity contribution in [1.82, 2.24) is 0 Å². The number of hydrogen-bond donors (Lipinski definition) is 3. The van der Waals surface area contributed by atoms with Crippen LogP contribution >= 0.6 is 0 Å². The first-order valence-electron chi connectivity index (χ1n) is 13.8. The predicted octanol–water partition coefficient (Wildman–Crippen LogP) is 8.86. The molecule has 0 aliphatic heterocycles. The van der Waals surface area contributed by atoms with Gasteiger partial charge in [-0.1, -0.05) is 64.8 Å². The van der Waals surface area contributed by atoms with Crippen molar-refractivity contribution < 1.29 is 0 Å². The van der Waals surface area contributed by atoms with Gasteiger partial charge >= 0.3 is 0 Å². The fraction of sp³-hybridized carbons (Fsp3) is 0.394. The molecule has 0 amide bonds. The Balaban J connectivity index is 0.00000115. The van der Waals surface area contributed by atoms with E-state index in [1.54, 1.807) is 0 Å². The first kappa shape index (κ1) is 27.4. The number of nitrogens with one attached hydrogen (secondary N) is 1. The van der Waals surface area contributed by atoms with Crippen LogP contribution in [-0.4, -0.2) is 6.04 Å². The highest BCUT2D eigenvalue weighted by atomic mass is 14.9. The van der Waals surface area contributed by atoms with Crippen molar-refractivity contribution in [3.63, 3.8) is 0 Å². The third-order valence-electron chi connectivity index (χ3n) is 6.82. The van der Waals surface area contributed by atoms with Crippen molar-refractivity contribution in [3.8, 4) is 0 Å². The normalized spacial score (nSPS) is 13.8. The lowest BCUT2D eigenvalue weighted by Crippen LogP contribution is -2.17. The van der Waals surface area contributed by atoms with E-state index >= 15 is 0 Å². The summed E-state index contributed by atoms with van der Waals surface area (Å²) in [5, 5.41) is 3.71. The van der Waals surface area contributed by atoms with Gasteiger partial charge in [0.15, 0.2) is 0 Å². The van der Waals surface area contributed by atoms with Crippen molar-refractivity contribution in [2.45, 2.75) is 85.6 Å². The highest BCUT2D eigenvalue weighted by Gasteiger charge is 2.21. The minimum absolute atomic E-state index is 0.523. The lowest BCUT2D eigenvalue weighted by Gasteiger charge is -2.20. The quantitative estimate of drug-likeness (QED) is 0.294. The molecule has 1 atom stereocenters. The minimum atomic E-state index is 0.523. The number of allylic oxidation sites excluding steroid dienone is 1. The van der Waals surface area contributed by atoms with Gasteiger partial charge in [-0.05, 0) is 114 Å². The van der Waals surface area contributed by atoms with E-state index in [-0.39, 0.29) is 0 Å². The highest BCUT2D eigenvalue weighted by Crippen LogP contribution is 2.41. The van der Waals surface area contributed by atoms with Gasteiger partial charge in [-0.2, -0.15) is 0 Å². The molecule has 5 N–H and O–H groups in total. The van der Waals surface area contributed by atoms with Crippen LogP contribution in [-0.2, 0) is 6.42 Å². The van der Waals surface area contributed by atoms with Gasteiger partial charge in [0.2, 0.25) is 0 Å². The van der Waals surface area contributed by atoms with E-state index in [4.69, 9.17) is 11.5 Å². The molecule has 3 aromatic carbocycles. The van der Waals surface area contributed by atoms with Crippen LogP contribution in [0.5, 0.6) is 0 Å². The van der Waals surface area contributed by atoms with Crippen LogP contribution < -0.4 is 16.8 Å². The van der Waals surface area contributed by atoms with Crippen molar-refractivity contribution >= 4 is 28.2 Å². The highest BCUT2D eigenvalue weighted by molar-refractivity contribution is 6.00. The third-order valence-corrected chi connectivity index (χ3v) is 6.82. The van der Waals surface area contributed by atoms with Crippen molar-refractivity contribution in [2.24, 2.45) is 0 Å². The number of anilines is 3. The van der Waals surface area contributed by atoms with E-state index in [2.05, 4.69) is 88.5 Å². The molecule has 3 nitrogen and oxygen atoms in total. The SMILES string of the molecule is CCC.CCCC(CC)Nc1ccc(C2=C(c3ccc(N)cc3C)CCCc3cc(N)ccc32)cc1. The third kappa shape index (κ3) is 6.72.